The monoisotopic (exact) mass is 553 g/mol. The lowest BCUT2D eigenvalue weighted by Crippen LogP contribution is -2.59. The molecule has 0 saturated heterocycles. The molecule has 3 amide bonds. The minimum absolute atomic E-state index is 0.126. The van der Waals surface area contributed by atoms with E-state index in [0.29, 0.717) is 23.6 Å². The lowest BCUT2D eigenvalue weighted by atomic mass is 10.1. The van der Waals surface area contributed by atoms with Crippen LogP contribution in [0.5, 0.6) is 0 Å². The molecule has 0 bridgehead atoms. The minimum Gasteiger partial charge on any atom is -0.341 e. The van der Waals surface area contributed by atoms with Crippen LogP contribution in [0, 0.1) is 0 Å². The quantitative estimate of drug-likeness (QED) is 0.323. The van der Waals surface area contributed by atoms with Crippen LogP contribution in [0.4, 0.5) is 11.4 Å². The standard InChI is InChI=1S/C31H35N7O3/c1-19(33-4)30(40)34-29-20(2)37(21(3)39)28-16-10-9-15-27(28)36(31(29)41)18-24-23-12-6-8-14-26(23)38(35-24)25-13-7-5-11-22(25)17-32/h5-16,19-20,29,33H,17-18,32H2,1-4H3,(H,34,40). The number of hydrogen-bond acceptors (Lipinski definition) is 6. The molecule has 10 nitrogen and oxygen atoms in total. The highest BCUT2D eigenvalue weighted by atomic mass is 16.2. The van der Waals surface area contributed by atoms with E-state index in [2.05, 4.69) is 10.6 Å². The number of anilines is 2. The van der Waals surface area contributed by atoms with Crippen molar-refractivity contribution in [3.05, 3.63) is 84.1 Å². The van der Waals surface area contributed by atoms with Gasteiger partial charge in [-0.2, -0.15) is 5.10 Å². The van der Waals surface area contributed by atoms with E-state index < -0.39 is 18.1 Å². The second-order valence-electron chi connectivity index (χ2n) is 10.2. The average molecular weight is 554 g/mol. The average Bonchev–Trinajstić information content (AvgIpc) is 3.32. The van der Waals surface area contributed by atoms with Crippen LogP contribution in [-0.4, -0.2) is 52.7 Å². The van der Waals surface area contributed by atoms with Crippen LogP contribution in [0.15, 0.2) is 72.8 Å². The Morgan fingerprint density at radius 1 is 0.976 bits per heavy atom. The van der Waals surface area contributed by atoms with E-state index in [9.17, 15) is 14.4 Å². The summed E-state index contributed by atoms with van der Waals surface area (Å²) in [4.78, 5) is 43.5. The van der Waals surface area contributed by atoms with Gasteiger partial charge >= 0.3 is 0 Å². The van der Waals surface area contributed by atoms with Gasteiger partial charge in [0.1, 0.15) is 6.04 Å². The van der Waals surface area contributed by atoms with Gasteiger partial charge in [0.2, 0.25) is 11.8 Å². The number of benzene rings is 3. The van der Waals surface area contributed by atoms with Gasteiger partial charge in [0.05, 0.1) is 46.9 Å². The van der Waals surface area contributed by atoms with Gasteiger partial charge in [0.25, 0.3) is 5.91 Å². The molecule has 3 atom stereocenters. The van der Waals surface area contributed by atoms with Crippen LogP contribution in [0.2, 0.25) is 0 Å². The number of aromatic nitrogens is 2. The molecule has 5 rings (SSSR count). The summed E-state index contributed by atoms with van der Waals surface area (Å²) in [7, 11) is 1.68. The Hall–Kier alpha value is -4.54. The molecular weight excluding hydrogens is 518 g/mol. The number of nitrogens with zero attached hydrogens (tertiary/aromatic N) is 4. The van der Waals surface area contributed by atoms with Crippen molar-refractivity contribution >= 4 is 40.0 Å². The number of carbonyl (C=O) groups excluding carboxylic acids is 3. The van der Waals surface area contributed by atoms with E-state index in [1.807, 2.05) is 77.5 Å². The number of rotatable bonds is 7. The molecule has 2 heterocycles. The third-order valence-corrected chi connectivity index (χ3v) is 7.73. The van der Waals surface area contributed by atoms with Gasteiger partial charge in [-0.15, -0.1) is 0 Å². The SMILES string of the molecule is CNC(C)C(=O)NC1C(=O)N(Cc2nn(-c3ccccc3CN)c3ccccc23)c2ccccc2N(C(C)=O)C1C. The third kappa shape index (κ3) is 5.07. The van der Waals surface area contributed by atoms with Crippen molar-refractivity contribution < 1.29 is 14.4 Å². The van der Waals surface area contributed by atoms with Crippen molar-refractivity contribution in [2.75, 3.05) is 16.8 Å². The van der Waals surface area contributed by atoms with Crippen molar-refractivity contribution in [3.63, 3.8) is 0 Å². The fraction of sp³-hybridized carbons (Fsp3) is 0.290. The van der Waals surface area contributed by atoms with E-state index in [1.165, 1.54) is 6.92 Å². The van der Waals surface area contributed by atoms with Gasteiger partial charge < -0.3 is 26.2 Å². The molecule has 10 heteroatoms. The number of nitrogens with one attached hydrogen (secondary N) is 2. The summed E-state index contributed by atoms with van der Waals surface area (Å²) in [5.74, 6) is -0.889. The molecule has 4 N–H and O–H groups in total. The van der Waals surface area contributed by atoms with E-state index in [1.54, 1.807) is 30.7 Å². The molecule has 41 heavy (non-hydrogen) atoms. The Morgan fingerprint density at radius 2 is 1.61 bits per heavy atom. The third-order valence-electron chi connectivity index (χ3n) is 7.73. The summed E-state index contributed by atoms with van der Waals surface area (Å²) in [6.07, 6.45) is 0. The van der Waals surface area contributed by atoms with Gasteiger partial charge in [0, 0.05) is 18.9 Å². The van der Waals surface area contributed by atoms with Gasteiger partial charge in [0.15, 0.2) is 0 Å². The van der Waals surface area contributed by atoms with Crippen molar-refractivity contribution in [1.29, 1.82) is 0 Å². The number of amides is 3. The molecule has 3 unspecified atom stereocenters. The van der Waals surface area contributed by atoms with Crippen LogP contribution in [0.1, 0.15) is 32.0 Å². The molecule has 0 radical (unpaired) electrons. The zero-order chi connectivity index (χ0) is 29.3. The van der Waals surface area contributed by atoms with E-state index in [0.717, 1.165) is 22.2 Å². The van der Waals surface area contributed by atoms with Crippen molar-refractivity contribution in [1.82, 2.24) is 20.4 Å². The Bertz CT molecular complexity index is 1610. The highest BCUT2D eigenvalue weighted by molar-refractivity contribution is 6.08. The summed E-state index contributed by atoms with van der Waals surface area (Å²) in [5.41, 5.74) is 10.6. The second-order valence-corrected chi connectivity index (χ2v) is 10.2. The molecule has 212 valence electrons. The summed E-state index contributed by atoms with van der Waals surface area (Å²) in [5, 5.41) is 11.7. The number of carbonyl (C=O) groups is 3. The lowest BCUT2D eigenvalue weighted by Gasteiger charge is -2.32. The van der Waals surface area contributed by atoms with E-state index in [4.69, 9.17) is 10.8 Å². The largest absolute Gasteiger partial charge is 0.341 e. The summed E-state index contributed by atoms with van der Waals surface area (Å²) >= 11 is 0. The first-order valence-electron chi connectivity index (χ1n) is 13.7. The zero-order valence-corrected chi connectivity index (χ0v) is 23.7. The predicted octanol–water partition coefficient (Wildman–Crippen LogP) is 2.87. The van der Waals surface area contributed by atoms with E-state index >= 15 is 0 Å². The molecular formula is C31H35N7O3. The molecule has 0 saturated carbocycles. The molecule has 0 aliphatic carbocycles. The first-order chi connectivity index (χ1) is 19.8. The van der Waals surface area contributed by atoms with Gasteiger partial charge in [-0.3, -0.25) is 14.4 Å². The molecule has 4 aromatic rings. The Morgan fingerprint density at radius 3 is 2.29 bits per heavy atom. The maximum absolute atomic E-state index is 14.4. The first kappa shape index (κ1) is 28.0. The van der Waals surface area contributed by atoms with Crippen molar-refractivity contribution in [2.45, 2.75) is 52.0 Å². The Labute approximate surface area is 239 Å². The van der Waals surface area contributed by atoms with Gasteiger partial charge in [-0.05, 0) is 50.7 Å². The second kappa shape index (κ2) is 11.5. The van der Waals surface area contributed by atoms with Crippen molar-refractivity contribution in [2.24, 2.45) is 5.73 Å². The summed E-state index contributed by atoms with van der Waals surface area (Å²) < 4.78 is 1.86. The van der Waals surface area contributed by atoms with Gasteiger partial charge in [-0.25, -0.2) is 4.68 Å². The molecule has 1 aliphatic rings. The van der Waals surface area contributed by atoms with E-state index in [-0.39, 0.29) is 24.3 Å². The molecule has 0 fully saturated rings. The first-order valence-corrected chi connectivity index (χ1v) is 13.7. The maximum Gasteiger partial charge on any atom is 0.252 e. The number of hydrogen-bond donors (Lipinski definition) is 3. The minimum atomic E-state index is -0.985. The topological polar surface area (TPSA) is 126 Å². The summed E-state index contributed by atoms with van der Waals surface area (Å²) in [6.45, 7) is 5.44. The molecule has 1 aromatic heterocycles. The smallest absolute Gasteiger partial charge is 0.252 e. The lowest BCUT2D eigenvalue weighted by molar-refractivity contribution is -0.129. The normalized spacial score (nSPS) is 17.7. The Balaban J connectivity index is 1.65. The number of nitrogens with two attached hydrogens (primary N) is 1. The number of likely N-dealkylation sites (N-methyl/N-ethyl adjacent to an activating group) is 1. The summed E-state index contributed by atoms with van der Waals surface area (Å²) in [6, 6.07) is 20.8. The Kier molecular flexibility index (Phi) is 7.87. The van der Waals surface area contributed by atoms with Crippen molar-refractivity contribution in [3.8, 4) is 5.69 Å². The molecule has 0 spiro atoms. The highest BCUT2D eigenvalue weighted by Gasteiger charge is 2.41. The van der Waals surface area contributed by atoms with Gasteiger partial charge in [-0.1, -0.05) is 48.5 Å². The fourth-order valence-electron chi connectivity index (χ4n) is 5.44. The highest BCUT2D eigenvalue weighted by Crippen LogP contribution is 2.37. The van der Waals surface area contributed by atoms with Crippen LogP contribution in [0.25, 0.3) is 16.6 Å². The van der Waals surface area contributed by atoms with Crippen LogP contribution in [0.3, 0.4) is 0 Å². The predicted molar refractivity (Wildman–Crippen MR) is 160 cm³/mol. The maximum atomic E-state index is 14.4. The fourth-order valence-corrected chi connectivity index (χ4v) is 5.44. The molecule has 1 aliphatic heterocycles. The van der Waals surface area contributed by atoms with Crippen LogP contribution < -0.4 is 26.2 Å². The van der Waals surface area contributed by atoms with Crippen LogP contribution in [-0.2, 0) is 27.5 Å². The molecule has 3 aromatic carbocycles. The number of fused-ring (bicyclic) bond motifs is 2. The van der Waals surface area contributed by atoms with Crippen LogP contribution >= 0.6 is 0 Å². The number of para-hydroxylation sites is 4. The zero-order valence-electron chi connectivity index (χ0n) is 23.7.